The molecule has 0 spiro atoms. The van der Waals surface area contributed by atoms with Crippen LogP contribution in [0.2, 0.25) is 0 Å². The van der Waals surface area contributed by atoms with Crippen LogP contribution in [0.5, 0.6) is 5.75 Å². The van der Waals surface area contributed by atoms with Gasteiger partial charge in [0.05, 0.1) is 31.1 Å². The zero-order chi connectivity index (χ0) is 23.9. The minimum Gasteiger partial charge on any atom is -0.496 e. The standard InChI is InChI=1S/C22H25F3N4O3/c1-14-7-6-8-20(29(28-26-4)12-15(2)30)18(14)13-32-27-16(3)17-9-10-21(31-5)19(11-17)22(23,24)25/h6-11H,12-13H2,1-5H3. The Morgan fingerprint density at radius 3 is 2.47 bits per heavy atom. The summed E-state index contributed by atoms with van der Waals surface area (Å²) in [7, 11) is 2.68. The van der Waals surface area contributed by atoms with Crippen LogP contribution in [-0.4, -0.2) is 32.2 Å². The molecule has 0 N–H and O–H groups in total. The highest BCUT2D eigenvalue weighted by atomic mass is 19.4. The Morgan fingerprint density at radius 2 is 1.88 bits per heavy atom. The van der Waals surface area contributed by atoms with Gasteiger partial charge in [0.15, 0.2) is 5.78 Å². The van der Waals surface area contributed by atoms with Crippen LogP contribution in [-0.2, 0) is 22.4 Å². The van der Waals surface area contributed by atoms with Crippen LogP contribution in [0.4, 0.5) is 18.9 Å². The fourth-order valence-electron chi connectivity index (χ4n) is 3.00. The van der Waals surface area contributed by atoms with Crippen LogP contribution in [0.25, 0.3) is 0 Å². The molecule has 10 heteroatoms. The minimum atomic E-state index is -4.56. The van der Waals surface area contributed by atoms with E-state index in [1.54, 1.807) is 13.0 Å². The summed E-state index contributed by atoms with van der Waals surface area (Å²) in [5.41, 5.74) is 1.85. The summed E-state index contributed by atoms with van der Waals surface area (Å²) < 4.78 is 44.6. The number of ketones is 1. The molecule has 32 heavy (non-hydrogen) atoms. The molecule has 7 nitrogen and oxygen atoms in total. The lowest BCUT2D eigenvalue weighted by Gasteiger charge is -2.20. The highest BCUT2D eigenvalue weighted by Crippen LogP contribution is 2.36. The SMILES string of the molecule is CN=NN(CC(C)=O)c1cccc(C)c1CON=C(C)c1ccc(OC)c(C(F)(F)F)c1. The van der Waals surface area contributed by atoms with Gasteiger partial charge in [0.25, 0.3) is 0 Å². The fraction of sp³-hybridized carbons (Fsp3) is 0.364. The minimum absolute atomic E-state index is 0.0231. The lowest BCUT2D eigenvalue weighted by Crippen LogP contribution is -2.24. The predicted molar refractivity (Wildman–Crippen MR) is 115 cm³/mol. The second-order valence-corrected chi connectivity index (χ2v) is 6.98. The predicted octanol–water partition coefficient (Wildman–Crippen LogP) is 5.36. The monoisotopic (exact) mass is 450 g/mol. The van der Waals surface area contributed by atoms with Crippen LogP contribution >= 0.6 is 0 Å². The zero-order valence-electron chi connectivity index (χ0n) is 18.5. The second-order valence-electron chi connectivity index (χ2n) is 6.98. The van der Waals surface area contributed by atoms with E-state index in [1.807, 2.05) is 19.1 Å². The van der Waals surface area contributed by atoms with Gasteiger partial charge in [-0.1, -0.05) is 22.5 Å². The molecule has 0 bridgehead atoms. The summed E-state index contributed by atoms with van der Waals surface area (Å²) in [5.74, 6) is -0.366. The number of benzene rings is 2. The fourth-order valence-corrected chi connectivity index (χ4v) is 3.00. The Labute approximate surface area is 184 Å². The van der Waals surface area contributed by atoms with E-state index in [9.17, 15) is 18.0 Å². The number of Topliss-reactive ketones (excluding diaryl/α,β-unsaturated/α-hetero) is 1. The summed E-state index contributed by atoms with van der Waals surface area (Å²) in [5, 5.41) is 13.2. The molecule has 0 saturated carbocycles. The first kappa shape index (κ1) is 24.8. The molecule has 0 saturated heterocycles. The van der Waals surface area contributed by atoms with Gasteiger partial charge in [-0.3, -0.25) is 4.79 Å². The number of nitrogens with zero attached hydrogens (tertiary/aromatic N) is 4. The number of hydrogen-bond donors (Lipinski definition) is 0. The van der Waals surface area contributed by atoms with E-state index in [0.29, 0.717) is 5.69 Å². The highest BCUT2D eigenvalue weighted by molar-refractivity contribution is 5.98. The number of halogens is 3. The third-order valence-electron chi connectivity index (χ3n) is 4.57. The highest BCUT2D eigenvalue weighted by Gasteiger charge is 2.34. The molecule has 0 aliphatic heterocycles. The van der Waals surface area contributed by atoms with E-state index in [4.69, 9.17) is 9.57 Å². The molecule has 0 aromatic heterocycles. The molecule has 0 atom stereocenters. The molecule has 0 unspecified atom stereocenters. The van der Waals surface area contributed by atoms with E-state index in [0.717, 1.165) is 17.2 Å². The third kappa shape index (κ3) is 6.29. The van der Waals surface area contributed by atoms with Crippen molar-refractivity contribution in [2.75, 3.05) is 25.7 Å². The van der Waals surface area contributed by atoms with Crippen LogP contribution in [0.1, 0.15) is 36.1 Å². The van der Waals surface area contributed by atoms with Gasteiger partial charge in [0.2, 0.25) is 0 Å². The van der Waals surface area contributed by atoms with Gasteiger partial charge in [0, 0.05) is 5.56 Å². The third-order valence-corrected chi connectivity index (χ3v) is 4.57. The number of hydrogen-bond acceptors (Lipinski definition) is 6. The first-order valence-electron chi connectivity index (χ1n) is 9.65. The molecule has 2 aromatic rings. The van der Waals surface area contributed by atoms with Gasteiger partial charge < -0.3 is 9.57 Å². The summed E-state index contributed by atoms with van der Waals surface area (Å²) in [4.78, 5) is 17.1. The van der Waals surface area contributed by atoms with Gasteiger partial charge in [-0.2, -0.15) is 18.3 Å². The Balaban J connectivity index is 2.29. The zero-order valence-corrected chi connectivity index (χ0v) is 18.5. The summed E-state index contributed by atoms with van der Waals surface area (Å²) in [6, 6.07) is 9.15. The van der Waals surface area contributed by atoms with Gasteiger partial charge >= 0.3 is 6.18 Å². The van der Waals surface area contributed by atoms with Gasteiger partial charge in [-0.15, -0.1) is 0 Å². The number of oxime groups is 1. The van der Waals surface area contributed by atoms with Crippen LogP contribution in [0.3, 0.4) is 0 Å². The van der Waals surface area contributed by atoms with Gasteiger partial charge in [-0.05, 0) is 56.2 Å². The summed E-state index contributed by atoms with van der Waals surface area (Å²) >= 11 is 0. The molecule has 2 aromatic carbocycles. The maximum Gasteiger partial charge on any atom is 0.419 e. The van der Waals surface area contributed by atoms with Crippen molar-refractivity contribution in [2.24, 2.45) is 15.5 Å². The molecular weight excluding hydrogens is 425 g/mol. The van der Waals surface area contributed by atoms with Crippen LogP contribution < -0.4 is 9.75 Å². The number of rotatable bonds is 9. The summed E-state index contributed by atoms with van der Waals surface area (Å²) in [6.45, 7) is 4.92. The van der Waals surface area contributed by atoms with Gasteiger partial charge in [-0.25, -0.2) is 5.01 Å². The second kappa shape index (κ2) is 10.7. The molecule has 172 valence electrons. The largest absolute Gasteiger partial charge is 0.496 e. The first-order valence-corrected chi connectivity index (χ1v) is 9.65. The maximum absolute atomic E-state index is 13.3. The lowest BCUT2D eigenvalue weighted by molar-refractivity contribution is -0.138. The molecular formula is C22H25F3N4O3. The van der Waals surface area contributed by atoms with E-state index in [1.165, 1.54) is 38.2 Å². The smallest absolute Gasteiger partial charge is 0.419 e. The van der Waals surface area contributed by atoms with Crippen molar-refractivity contribution in [1.29, 1.82) is 0 Å². The van der Waals surface area contributed by atoms with Crippen molar-refractivity contribution in [3.63, 3.8) is 0 Å². The van der Waals surface area contributed by atoms with Crippen molar-refractivity contribution < 1.29 is 27.5 Å². The number of anilines is 1. The number of carbonyl (C=O) groups excluding carboxylic acids is 1. The van der Waals surface area contributed by atoms with E-state index in [2.05, 4.69) is 15.5 Å². The number of carbonyl (C=O) groups is 1. The number of alkyl halides is 3. The molecule has 0 aliphatic rings. The Kier molecular flexibility index (Phi) is 8.34. The van der Waals surface area contributed by atoms with E-state index < -0.39 is 11.7 Å². The van der Waals surface area contributed by atoms with Crippen molar-refractivity contribution in [3.05, 3.63) is 58.7 Å². The van der Waals surface area contributed by atoms with Crippen molar-refractivity contribution in [3.8, 4) is 5.75 Å². The number of aryl methyl sites for hydroxylation is 1. The van der Waals surface area contributed by atoms with Crippen molar-refractivity contribution >= 4 is 17.2 Å². The topological polar surface area (TPSA) is 75.9 Å². The van der Waals surface area contributed by atoms with Crippen LogP contribution in [0, 0.1) is 6.92 Å². The normalized spacial score (nSPS) is 12.2. The summed E-state index contributed by atoms with van der Waals surface area (Å²) in [6.07, 6.45) is -4.56. The van der Waals surface area contributed by atoms with E-state index >= 15 is 0 Å². The van der Waals surface area contributed by atoms with Crippen molar-refractivity contribution in [1.82, 2.24) is 0 Å². The molecule has 2 rings (SSSR count). The Hall–Kier alpha value is -3.43. The molecule has 0 heterocycles. The lowest BCUT2D eigenvalue weighted by atomic mass is 10.1. The Morgan fingerprint density at radius 1 is 1.16 bits per heavy atom. The molecule has 0 radical (unpaired) electrons. The average molecular weight is 450 g/mol. The molecule has 0 fully saturated rings. The quantitative estimate of drug-likeness (QED) is 0.293. The van der Waals surface area contributed by atoms with Gasteiger partial charge in [0.1, 0.15) is 18.9 Å². The molecule has 0 amide bonds. The number of methoxy groups -OCH3 is 1. The maximum atomic E-state index is 13.3. The number of ether oxygens (including phenoxy) is 1. The van der Waals surface area contributed by atoms with Crippen molar-refractivity contribution in [2.45, 2.75) is 33.6 Å². The van der Waals surface area contributed by atoms with Crippen LogP contribution in [0.15, 0.2) is 51.9 Å². The molecule has 0 aliphatic carbocycles. The van der Waals surface area contributed by atoms with E-state index in [-0.39, 0.29) is 36.0 Å². The average Bonchev–Trinajstić information content (AvgIpc) is 2.73. The first-order chi connectivity index (χ1) is 15.1. The Bertz CT molecular complexity index is 1020.